The number of aliphatic imine (C=N–C) groups is 1. The van der Waals surface area contributed by atoms with Crippen molar-refractivity contribution in [1.82, 2.24) is 20.9 Å². The Morgan fingerprint density at radius 1 is 1.21 bits per heavy atom. The van der Waals surface area contributed by atoms with Gasteiger partial charge in [-0.3, -0.25) is 14.6 Å². The van der Waals surface area contributed by atoms with Crippen LogP contribution in [-0.2, 0) is 4.79 Å². The van der Waals surface area contributed by atoms with Gasteiger partial charge in [-0.1, -0.05) is 17.7 Å². The highest BCUT2D eigenvalue weighted by molar-refractivity contribution is 5.94. The molecule has 1 saturated heterocycles. The third-order valence-electron chi connectivity index (χ3n) is 4.94. The molecule has 0 unspecified atom stereocenters. The van der Waals surface area contributed by atoms with Gasteiger partial charge in [0.1, 0.15) is 0 Å². The third-order valence-corrected chi connectivity index (χ3v) is 4.94. The van der Waals surface area contributed by atoms with Crippen molar-refractivity contribution in [2.45, 2.75) is 33.1 Å². The first-order chi connectivity index (χ1) is 13.5. The molecule has 0 aromatic heterocycles. The lowest BCUT2D eigenvalue weighted by Crippen LogP contribution is -2.46. The first-order valence-corrected chi connectivity index (χ1v) is 10.1. The summed E-state index contributed by atoms with van der Waals surface area (Å²) in [7, 11) is 1.69. The van der Waals surface area contributed by atoms with Crippen molar-refractivity contribution in [2.24, 2.45) is 10.9 Å². The largest absolute Gasteiger partial charge is 0.359 e. The predicted molar refractivity (Wildman–Crippen MR) is 112 cm³/mol. The van der Waals surface area contributed by atoms with E-state index < -0.39 is 0 Å². The van der Waals surface area contributed by atoms with Gasteiger partial charge in [-0.25, -0.2) is 0 Å². The minimum Gasteiger partial charge on any atom is -0.359 e. The maximum Gasteiger partial charge on any atom is 0.251 e. The average molecular weight is 388 g/mol. The smallest absolute Gasteiger partial charge is 0.251 e. The Labute approximate surface area is 168 Å². The predicted octanol–water partition coefficient (Wildman–Crippen LogP) is 1.54. The van der Waals surface area contributed by atoms with Crippen molar-refractivity contribution in [3.63, 3.8) is 0 Å². The second kappa shape index (κ2) is 11.3. The molecule has 7 nitrogen and oxygen atoms in total. The van der Waals surface area contributed by atoms with Gasteiger partial charge >= 0.3 is 0 Å². The summed E-state index contributed by atoms with van der Waals surface area (Å²) in [6.07, 6.45) is 2.58. The highest BCUT2D eigenvalue weighted by atomic mass is 16.2. The molecule has 1 aliphatic rings. The zero-order valence-electron chi connectivity index (χ0n) is 17.3. The molecule has 2 amide bonds. The molecule has 154 valence electrons. The third kappa shape index (κ3) is 6.87. The van der Waals surface area contributed by atoms with Gasteiger partial charge in [0.05, 0.1) is 6.54 Å². The minimum atomic E-state index is -0.0704. The number of aryl methyl sites for hydroxylation is 1. The maximum absolute atomic E-state index is 12.2. The topological polar surface area (TPSA) is 85.8 Å². The number of likely N-dealkylation sites (tertiary alicyclic amines) is 1. The van der Waals surface area contributed by atoms with E-state index in [4.69, 9.17) is 0 Å². The number of amides is 2. The normalized spacial score (nSPS) is 15.2. The molecule has 0 aliphatic carbocycles. The Hall–Kier alpha value is -2.57. The van der Waals surface area contributed by atoms with Crippen molar-refractivity contribution in [3.05, 3.63) is 35.4 Å². The summed E-state index contributed by atoms with van der Waals surface area (Å²) < 4.78 is 0. The summed E-state index contributed by atoms with van der Waals surface area (Å²) in [5, 5.41) is 8.96. The van der Waals surface area contributed by atoms with Crippen molar-refractivity contribution in [3.8, 4) is 0 Å². The van der Waals surface area contributed by atoms with E-state index in [1.165, 1.54) is 0 Å². The zero-order valence-corrected chi connectivity index (χ0v) is 17.3. The lowest BCUT2D eigenvalue weighted by molar-refractivity contribution is -0.121. The van der Waals surface area contributed by atoms with Gasteiger partial charge < -0.3 is 20.9 Å². The average Bonchev–Trinajstić information content (AvgIpc) is 2.70. The lowest BCUT2D eigenvalue weighted by Gasteiger charge is -2.34. The van der Waals surface area contributed by atoms with Gasteiger partial charge in [0.2, 0.25) is 5.91 Å². The molecule has 0 bridgehead atoms. The number of carbonyl (C=O) groups excluding carboxylic acids is 2. The number of guanidine groups is 1. The molecule has 0 radical (unpaired) electrons. The van der Waals surface area contributed by atoms with Gasteiger partial charge in [-0.15, -0.1) is 0 Å². The van der Waals surface area contributed by atoms with E-state index in [0.717, 1.165) is 44.0 Å². The van der Waals surface area contributed by atoms with Gasteiger partial charge in [-0.2, -0.15) is 0 Å². The van der Waals surface area contributed by atoms with Gasteiger partial charge in [-0.05, 0) is 44.7 Å². The van der Waals surface area contributed by atoms with Crippen LogP contribution in [0.3, 0.4) is 0 Å². The Balaban J connectivity index is 1.80. The molecular formula is C21H33N5O2. The number of carbonyl (C=O) groups is 2. The number of piperidine rings is 1. The second-order valence-corrected chi connectivity index (χ2v) is 7.17. The summed E-state index contributed by atoms with van der Waals surface area (Å²) >= 11 is 0. The zero-order chi connectivity index (χ0) is 20.4. The van der Waals surface area contributed by atoms with Crippen molar-refractivity contribution in [1.29, 1.82) is 0 Å². The van der Waals surface area contributed by atoms with Crippen LogP contribution >= 0.6 is 0 Å². The molecular weight excluding hydrogens is 354 g/mol. The van der Waals surface area contributed by atoms with Crippen molar-refractivity contribution >= 4 is 17.8 Å². The van der Waals surface area contributed by atoms with E-state index in [0.29, 0.717) is 31.0 Å². The van der Waals surface area contributed by atoms with E-state index in [2.05, 4.69) is 25.8 Å². The number of nitrogens with zero attached hydrogens (tertiary/aromatic N) is 2. The van der Waals surface area contributed by atoms with Gasteiger partial charge in [0.15, 0.2) is 5.96 Å². The van der Waals surface area contributed by atoms with E-state index in [9.17, 15) is 9.59 Å². The molecule has 0 atom stereocenters. The summed E-state index contributed by atoms with van der Waals surface area (Å²) in [6, 6.07) is 7.56. The van der Waals surface area contributed by atoms with Crippen molar-refractivity contribution < 1.29 is 9.59 Å². The molecule has 2 rings (SSSR count). The number of hydrogen-bond acceptors (Lipinski definition) is 3. The second-order valence-electron chi connectivity index (χ2n) is 7.17. The molecule has 7 heteroatoms. The Bertz CT molecular complexity index is 681. The summed E-state index contributed by atoms with van der Waals surface area (Å²) in [5.74, 6) is 1.36. The molecule has 1 fully saturated rings. The van der Waals surface area contributed by atoms with Crippen LogP contribution in [0.4, 0.5) is 0 Å². The monoisotopic (exact) mass is 387 g/mol. The van der Waals surface area contributed by atoms with Crippen LogP contribution in [0.2, 0.25) is 0 Å². The minimum absolute atomic E-state index is 0.0704. The molecule has 1 aliphatic heterocycles. The van der Waals surface area contributed by atoms with Crippen molar-refractivity contribution in [2.75, 3.05) is 39.8 Å². The lowest BCUT2D eigenvalue weighted by atomic mass is 9.93. The van der Waals surface area contributed by atoms with Gasteiger partial charge in [0.25, 0.3) is 5.91 Å². The summed E-state index contributed by atoms with van der Waals surface area (Å²) in [6.45, 7) is 7.63. The number of rotatable bonds is 7. The van der Waals surface area contributed by atoms with E-state index >= 15 is 0 Å². The molecule has 0 spiro atoms. The summed E-state index contributed by atoms with van der Waals surface area (Å²) in [5.41, 5.74) is 1.74. The first-order valence-electron chi connectivity index (χ1n) is 10.1. The molecule has 28 heavy (non-hydrogen) atoms. The van der Waals surface area contributed by atoms with Gasteiger partial charge in [0, 0.05) is 45.2 Å². The maximum atomic E-state index is 12.2. The molecule has 1 aromatic carbocycles. The van der Waals surface area contributed by atoms with Crippen LogP contribution in [0.25, 0.3) is 0 Å². The highest BCUT2D eigenvalue weighted by Crippen LogP contribution is 2.20. The molecule has 1 heterocycles. The first kappa shape index (κ1) is 21.7. The van der Waals surface area contributed by atoms with E-state index in [-0.39, 0.29) is 11.8 Å². The molecule has 1 aromatic rings. The Morgan fingerprint density at radius 2 is 1.96 bits per heavy atom. The Morgan fingerprint density at radius 3 is 2.61 bits per heavy atom. The quantitative estimate of drug-likeness (QED) is 0.376. The molecule has 0 saturated carbocycles. The van der Waals surface area contributed by atoms with Crippen LogP contribution in [0.15, 0.2) is 29.3 Å². The fraction of sp³-hybridized carbons (Fsp3) is 0.571. The fourth-order valence-corrected chi connectivity index (χ4v) is 3.36. The van der Waals surface area contributed by atoms with Crippen LogP contribution in [0, 0.1) is 12.8 Å². The SMILES string of the molecule is CCNC(=NCCNC(=O)c1cccc(C)c1)N1CCC(CC(=O)NC)CC1. The fourth-order valence-electron chi connectivity index (χ4n) is 3.36. The number of benzene rings is 1. The summed E-state index contributed by atoms with van der Waals surface area (Å²) in [4.78, 5) is 30.7. The van der Waals surface area contributed by atoms with E-state index in [1.807, 2.05) is 38.1 Å². The van der Waals surface area contributed by atoms with Crippen LogP contribution in [-0.4, -0.2) is 62.4 Å². The molecule has 3 N–H and O–H groups in total. The van der Waals surface area contributed by atoms with E-state index in [1.54, 1.807) is 7.05 Å². The highest BCUT2D eigenvalue weighted by Gasteiger charge is 2.23. The van der Waals surface area contributed by atoms with Crippen LogP contribution < -0.4 is 16.0 Å². The van der Waals surface area contributed by atoms with Crippen LogP contribution in [0.5, 0.6) is 0 Å². The number of hydrogen-bond donors (Lipinski definition) is 3. The standard InChI is InChI=1S/C21H33N5O2/c1-4-23-21(26-12-8-17(9-13-26)15-19(27)22-3)25-11-10-24-20(28)18-7-5-6-16(2)14-18/h5-7,14,17H,4,8-13,15H2,1-3H3,(H,22,27)(H,23,25)(H,24,28). The number of nitrogens with one attached hydrogen (secondary N) is 3. The Kier molecular flexibility index (Phi) is 8.78. The van der Waals surface area contributed by atoms with Crippen LogP contribution in [0.1, 0.15) is 42.1 Å².